The Balaban J connectivity index is 1.55. The van der Waals surface area contributed by atoms with E-state index in [0.717, 1.165) is 44.2 Å². The molecule has 6 heteroatoms. The van der Waals surface area contributed by atoms with E-state index in [4.69, 9.17) is 11.6 Å². The third-order valence-electron chi connectivity index (χ3n) is 4.50. The highest BCUT2D eigenvalue weighted by molar-refractivity contribution is 6.30. The summed E-state index contributed by atoms with van der Waals surface area (Å²) >= 11 is 5.89. The predicted molar refractivity (Wildman–Crippen MR) is 102 cm³/mol. The number of nitrogens with zero attached hydrogens (tertiary/aromatic N) is 4. The third kappa shape index (κ3) is 4.42. The topological polar surface area (TPSA) is 39.7 Å². The zero-order chi connectivity index (χ0) is 17.6. The van der Waals surface area contributed by atoms with Crippen molar-refractivity contribution in [3.05, 3.63) is 53.7 Å². The molecule has 1 aromatic carbocycles. The average molecular weight is 359 g/mol. The number of amides is 1. The summed E-state index contributed by atoms with van der Waals surface area (Å²) in [6.07, 6.45) is 1.66. The molecule has 0 aliphatic carbocycles. The van der Waals surface area contributed by atoms with Crippen LogP contribution in [-0.4, -0.2) is 55.1 Å². The fourth-order valence-corrected chi connectivity index (χ4v) is 3.14. The number of hydrogen-bond acceptors (Lipinski definition) is 4. The van der Waals surface area contributed by atoms with Gasteiger partial charge in [0.05, 0.1) is 11.6 Å². The number of rotatable bonds is 5. The highest BCUT2D eigenvalue weighted by Gasteiger charge is 2.23. The van der Waals surface area contributed by atoms with Crippen molar-refractivity contribution in [2.24, 2.45) is 0 Å². The minimum absolute atomic E-state index is 0.175. The number of carbonyl (C=O) groups is 1. The Morgan fingerprint density at radius 2 is 1.84 bits per heavy atom. The highest BCUT2D eigenvalue weighted by Crippen LogP contribution is 2.17. The average Bonchev–Trinajstić information content (AvgIpc) is 2.67. The van der Waals surface area contributed by atoms with Crippen LogP contribution in [0.1, 0.15) is 6.92 Å². The van der Waals surface area contributed by atoms with Crippen LogP contribution in [0.2, 0.25) is 5.02 Å². The number of carbonyl (C=O) groups excluding carboxylic acids is 1. The van der Waals surface area contributed by atoms with Gasteiger partial charge in [0.15, 0.2) is 0 Å². The molecular formula is C19H23ClN4O. The van der Waals surface area contributed by atoms with Crippen molar-refractivity contribution in [1.29, 1.82) is 0 Å². The first-order valence-corrected chi connectivity index (χ1v) is 8.99. The molecule has 3 rings (SSSR count). The Bertz CT molecular complexity index is 684. The summed E-state index contributed by atoms with van der Waals surface area (Å²) in [5.41, 5.74) is 1.09. The molecular weight excluding hydrogens is 336 g/mol. The van der Waals surface area contributed by atoms with Crippen molar-refractivity contribution in [1.82, 2.24) is 9.88 Å². The van der Waals surface area contributed by atoms with Crippen molar-refractivity contribution < 1.29 is 4.79 Å². The first-order chi connectivity index (χ1) is 12.2. The lowest BCUT2D eigenvalue weighted by molar-refractivity contribution is -0.130. The molecule has 0 saturated carbocycles. The minimum Gasteiger partial charge on any atom is -0.362 e. The van der Waals surface area contributed by atoms with Crippen molar-refractivity contribution >= 4 is 29.0 Å². The van der Waals surface area contributed by atoms with Crippen LogP contribution in [0, 0.1) is 0 Å². The van der Waals surface area contributed by atoms with E-state index in [1.54, 1.807) is 6.20 Å². The number of benzene rings is 1. The second-order valence-electron chi connectivity index (χ2n) is 6.05. The molecule has 0 unspecified atom stereocenters. The maximum absolute atomic E-state index is 12.7. The van der Waals surface area contributed by atoms with Crippen molar-refractivity contribution in [2.45, 2.75) is 6.92 Å². The van der Waals surface area contributed by atoms with Gasteiger partial charge >= 0.3 is 0 Å². The van der Waals surface area contributed by atoms with E-state index < -0.39 is 0 Å². The Morgan fingerprint density at radius 3 is 2.44 bits per heavy atom. The molecule has 25 heavy (non-hydrogen) atoms. The van der Waals surface area contributed by atoms with Crippen LogP contribution in [0.4, 0.5) is 11.5 Å². The maximum Gasteiger partial charge on any atom is 0.242 e. The SMILES string of the molecule is CCN(CC(=O)N1CCN(c2ccc(Cl)cn2)CC1)c1ccccc1. The molecule has 1 saturated heterocycles. The number of halogens is 1. The molecule has 5 nitrogen and oxygen atoms in total. The molecule has 2 aromatic rings. The standard InChI is InChI=1S/C19H23ClN4O/c1-2-22(17-6-4-3-5-7-17)15-19(25)24-12-10-23(11-13-24)18-9-8-16(20)14-21-18/h3-9,14H,2,10-13,15H2,1H3. The summed E-state index contributed by atoms with van der Waals surface area (Å²) in [5, 5.41) is 0.637. The largest absolute Gasteiger partial charge is 0.362 e. The molecule has 1 aromatic heterocycles. The minimum atomic E-state index is 0.175. The van der Waals surface area contributed by atoms with E-state index in [1.165, 1.54) is 0 Å². The molecule has 2 heterocycles. The first kappa shape index (κ1) is 17.5. The van der Waals surface area contributed by atoms with Gasteiger partial charge in [0.25, 0.3) is 0 Å². The van der Waals surface area contributed by atoms with Crippen LogP contribution in [0.3, 0.4) is 0 Å². The lowest BCUT2D eigenvalue weighted by Gasteiger charge is -2.36. The van der Waals surface area contributed by atoms with Gasteiger partial charge in [0, 0.05) is 44.6 Å². The van der Waals surface area contributed by atoms with Gasteiger partial charge in [-0.2, -0.15) is 0 Å². The van der Waals surface area contributed by atoms with Gasteiger partial charge in [-0.3, -0.25) is 4.79 Å². The molecule has 0 radical (unpaired) electrons. The normalized spacial score (nSPS) is 14.5. The number of pyridine rings is 1. The lowest BCUT2D eigenvalue weighted by atomic mass is 10.2. The Labute approximate surface area is 153 Å². The van der Waals surface area contributed by atoms with E-state index in [-0.39, 0.29) is 5.91 Å². The lowest BCUT2D eigenvalue weighted by Crippen LogP contribution is -2.51. The smallest absolute Gasteiger partial charge is 0.242 e. The monoisotopic (exact) mass is 358 g/mol. The van der Waals surface area contributed by atoms with Crippen LogP contribution in [-0.2, 0) is 4.79 Å². The molecule has 0 bridgehead atoms. The summed E-state index contributed by atoms with van der Waals surface area (Å²) in [7, 11) is 0. The van der Waals surface area contributed by atoms with Crippen molar-refractivity contribution in [2.75, 3.05) is 49.1 Å². The molecule has 1 fully saturated rings. The van der Waals surface area contributed by atoms with E-state index in [9.17, 15) is 4.79 Å². The quantitative estimate of drug-likeness (QED) is 0.824. The Kier molecular flexibility index (Phi) is 5.76. The van der Waals surface area contributed by atoms with Crippen molar-refractivity contribution in [3.8, 4) is 0 Å². The summed E-state index contributed by atoms with van der Waals surface area (Å²) < 4.78 is 0. The maximum atomic E-state index is 12.7. The fourth-order valence-electron chi connectivity index (χ4n) is 3.03. The number of likely N-dealkylation sites (N-methyl/N-ethyl adjacent to an activating group) is 1. The van der Waals surface area contributed by atoms with Crippen LogP contribution >= 0.6 is 11.6 Å². The van der Waals surface area contributed by atoms with Crippen molar-refractivity contribution in [3.63, 3.8) is 0 Å². The summed E-state index contributed by atoms with van der Waals surface area (Å²) in [6, 6.07) is 13.8. The zero-order valence-corrected chi connectivity index (χ0v) is 15.2. The summed E-state index contributed by atoms with van der Waals surface area (Å²) in [4.78, 5) is 23.3. The number of aromatic nitrogens is 1. The van der Waals surface area contributed by atoms with E-state index >= 15 is 0 Å². The van der Waals surface area contributed by atoms with Gasteiger partial charge in [0.1, 0.15) is 5.82 Å². The van der Waals surface area contributed by atoms with Crippen LogP contribution in [0.15, 0.2) is 48.7 Å². The first-order valence-electron chi connectivity index (χ1n) is 8.61. The molecule has 0 atom stereocenters. The van der Waals surface area contributed by atoms with Gasteiger partial charge in [-0.05, 0) is 31.2 Å². The Morgan fingerprint density at radius 1 is 1.12 bits per heavy atom. The third-order valence-corrected chi connectivity index (χ3v) is 4.72. The molecule has 0 N–H and O–H groups in total. The van der Waals surface area contributed by atoms with Gasteiger partial charge < -0.3 is 14.7 Å². The van der Waals surface area contributed by atoms with Crippen LogP contribution in [0.5, 0.6) is 0 Å². The number of para-hydroxylation sites is 1. The second-order valence-corrected chi connectivity index (χ2v) is 6.49. The number of piperazine rings is 1. The second kappa shape index (κ2) is 8.21. The number of anilines is 2. The number of hydrogen-bond donors (Lipinski definition) is 0. The zero-order valence-electron chi connectivity index (χ0n) is 14.4. The van der Waals surface area contributed by atoms with Gasteiger partial charge in [-0.25, -0.2) is 4.98 Å². The summed E-state index contributed by atoms with van der Waals surface area (Å²) in [5.74, 6) is 1.09. The van der Waals surface area contributed by atoms with E-state index in [1.807, 2.05) is 47.4 Å². The molecule has 1 amide bonds. The van der Waals surface area contributed by atoms with Gasteiger partial charge in [0.2, 0.25) is 5.91 Å². The van der Waals surface area contributed by atoms with Gasteiger partial charge in [-0.15, -0.1) is 0 Å². The molecule has 1 aliphatic rings. The van der Waals surface area contributed by atoms with Crippen LogP contribution in [0.25, 0.3) is 0 Å². The molecule has 1 aliphatic heterocycles. The predicted octanol–water partition coefficient (Wildman–Crippen LogP) is 2.91. The molecule has 0 spiro atoms. The Hall–Kier alpha value is -2.27. The fraction of sp³-hybridized carbons (Fsp3) is 0.368. The molecule has 132 valence electrons. The highest BCUT2D eigenvalue weighted by atomic mass is 35.5. The van der Waals surface area contributed by atoms with E-state index in [2.05, 4.69) is 21.7 Å². The van der Waals surface area contributed by atoms with Gasteiger partial charge in [-0.1, -0.05) is 29.8 Å². The summed E-state index contributed by atoms with van der Waals surface area (Å²) in [6.45, 7) is 6.31. The van der Waals surface area contributed by atoms with E-state index in [0.29, 0.717) is 11.6 Å². The van der Waals surface area contributed by atoms with Crippen LogP contribution < -0.4 is 9.80 Å².